The molecule has 0 N–H and O–H groups in total. The Kier molecular flexibility index (Phi) is 3.41. The van der Waals surface area contributed by atoms with E-state index in [9.17, 15) is 0 Å². The molecule has 0 spiro atoms. The van der Waals surface area contributed by atoms with Crippen LogP contribution in [0.4, 0.5) is 0 Å². The van der Waals surface area contributed by atoms with Crippen molar-refractivity contribution in [3.8, 4) is 0 Å². The van der Waals surface area contributed by atoms with Gasteiger partial charge in [-0.1, -0.05) is 30.3 Å². The van der Waals surface area contributed by atoms with Crippen LogP contribution in [0.15, 0.2) is 30.3 Å². The van der Waals surface area contributed by atoms with Crippen molar-refractivity contribution in [3.63, 3.8) is 0 Å². The highest BCUT2D eigenvalue weighted by atomic mass is 16.6. The molecule has 17 heavy (non-hydrogen) atoms. The third-order valence-corrected chi connectivity index (χ3v) is 3.18. The molecule has 3 nitrogen and oxygen atoms in total. The monoisotopic (exact) mass is 234 g/mol. The molecular weight excluding hydrogens is 216 g/mol. The van der Waals surface area contributed by atoms with Crippen LogP contribution in [0, 0.1) is 0 Å². The van der Waals surface area contributed by atoms with E-state index in [2.05, 4.69) is 12.1 Å². The molecule has 0 saturated carbocycles. The number of rotatable bonds is 7. The number of hydrogen-bond acceptors (Lipinski definition) is 3. The van der Waals surface area contributed by atoms with Gasteiger partial charge in [-0.2, -0.15) is 0 Å². The maximum atomic E-state index is 5.97. The van der Waals surface area contributed by atoms with E-state index >= 15 is 0 Å². The lowest BCUT2D eigenvalue weighted by Crippen LogP contribution is -2.18. The summed E-state index contributed by atoms with van der Waals surface area (Å²) in [4.78, 5) is 0. The van der Waals surface area contributed by atoms with Crippen LogP contribution >= 0.6 is 0 Å². The van der Waals surface area contributed by atoms with Gasteiger partial charge in [0.25, 0.3) is 0 Å². The first-order valence-electron chi connectivity index (χ1n) is 6.29. The van der Waals surface area contributed by atoms with Crippen LogP contribution in [-0.4, -0.2) is 31.5 Å². The summed E-state index contributed by atoms with van der Waals surface area (Å²) in [5.74, 6) is 0. The summed E-state index contributed by atoms with van der Waals surface area (Å²) in [7, 11) is 0. The van der Waals surface area contributed by atoms with Crippen LogP contribution in [0.1, 0.15) is 18.4 Å². The molecule has 2 unspecified atom stereocenters. The Morgan fingerprint density at radius 2 is 1.65 bits per heavy atom. The average molecular weight is 234 g/mol. The van der Waals surface area contributed by atoms with Crippen LogP contribution in [0.2, 0.25) is 0 Å². The Labute approximate surface area is 102 Å². The van der Waals surface area contributed by atoms with Gasteiger partial charge in [0, 0.05) is 12.8 Å². The average Bonchev–Trinajstić information content (AvgIpc) is 3.23. The van der Waals surface area contributed by atoms with Gasteiger partial charge in [-0.25, -0.2) is 0 Å². The predicted octanol–water partition coefficient (Wildman–Crippen LogP) is 2.15. The standard InChI is InChI=1S/C14H18O3/c1-2-4-11(5-3-1)8-15-12(6-13-9-16-13)7-14-10-17-14/h1-5,12-14H,6-10H2. The number of hydrogen-bond donors (Lipinski definition) is 0. The Morgan fingerprint density at radius 1 is 1.06 bits per heavy atom. The first-order valence-corrected chi connectivity index (χ1v) is 6.29. The first-order chi connectivity index (χ1) is 8.40. The van der Waals surface area contributed by atoms with Crippen LogP contribution in [0.3, 0.4) is 0 Å². The van der Waals surface area contributed by atoms with Gasteiger partial charge in [0.15, 0.2) is 0 Å². The van der Waals surface area contributed by atoms with E-state index in [1.807, 2.05) is 18.2 Å². The molecule has 2 heterocycles. The van der Waals surface area contributed by atoms with E-state index in [1.165, 1.54) is 5.56 Å². The molecule has 92 valence electrons. The second-order valence-electron chi connectivity index (χ2n) is 4.80. The summed E-state index contributed by atoms with van der Waals surface area (Å²) in [6.45, 7) is 2.48. The molecule has 2 fully saturated rings. The highest BCUT2D eigenvalue weighted by molar-refractivity contribution is 5.13. The molecule has 1 aromatic rings. The number of epoxide rings is 2. The van der Waals surface area contributed by atoms with E-state index < -0.39 is 0 Å². The molecule has 2 aliphatic rings. The van der Waals surface area contributed by atoms with Crippen molar-refractivity contribution in [1.29, 1.82) is 0 Å². The predicted molar refractivity (Wildman–Crippen MR) is 63.7 cm³/mol. The lowest BCUT2D eigenvalue weighted by Gasteiger charge is -2.16. The van der Waals surface area contributed by atoms with Gasteiger partial charge in [-0.3, -0.25) is 0 Å². The molecule has 1 aromatic carbocycles. The lowest BCUT2D eigenvalue weighted by atomic mass is 10.1. The molecule has 2 atom stereocenters. The fourth-order valence-corrected chi connectivity index (χ4v) is 2.02. The molecule has 0 radical (unpaired) electrons. The van der Waals surface area contributed by atoms with Crippen LogP contribution in [0.5, 0.6) is 0 Å². The summed E-state index contributed by atoms with van der Waals surface area (Å²) in [5.41, 5.74) is 1.23. The van der Waals surface area contributed by atoms with Crippen molar-refractivity contribution >= 4 is 0 Å². The Morgan fingerprint density at radius 3 is 2.18 bits per heavy atom. The molecule has 0 aromatic heterocycles. The van der Waals surface area contributed by atoms with Crippen molar-refractivity contribution in [2.45, 2.75) is 37.8 Å². The van der Waals surface area contributed by atoms with Gasteiger partial charge in [-0.15, -0.1) is 0 Å². The first kappa shape index (κ1) is 11.2. The lowest BCUT2D eigenvalue weighted by molar-refractivity contribution is 0.0202. The topological polar surface area (TPSA) is 34.3 Å². The summed E-state index contributed by atoms with van der Waals surface area (Å²) in [6, 6.07) is 10.3. The smallest absolute Gasteiger partial charge is 0.0834 e. The highest BCUT2D eigenvalue weighted by Gasteiger charge is 2.32. The summed E-state index contributed by atoms with van der Waals surface area (Å²) in [6.07, 6.45) is 3.14. The van der Waals surface area contributed by atoms with Crippen LogP contribution in [-0.2, 0) is 20.8 Å². The minimum absolute atomic E-state index is 0.273. The van der Waals surface area contributed by atoms with E-state index in [-0.39, 0.29) is 6.10 Å². The molecule has 2 saturated heterocycles. The van der Waals surface area contributed by atoms with Crippen molar-refractivity contribution < 1.29 is 14.2 Å². The van der Waals surface area contributed by atoms with Crippen molar-refractivity contribution in [1.82, 2.24) is 0 Å². The Hall–Kier alpha value is -0.900. The fourth-order valence-electron chi connectivity index (χ4n) is 2.02. The Balaban J connectivity index is 1.48. The largest absolute Gasteiger partial charge is 0.373 e. The molecule has 0 amide bonds. The van der Waals surface area contributed by atoms with E-state index in [0.717, 1.165) is 26.1 Å². The van der Waals surface area contributed by atoms with E-state index in [4.69, 9.17) is 14.2 Å². The Bertz CT molecular complexity index is 330. The van der Waals surface area contributed by atoms with E-state index in [1.54, 1.807) is 0 Å². The summed E-state index contributed by atoms with van der Waals surface area (Å²) >= 11 is 0. The molecule has 0 bridgehead atoms. The van der Waals surface area contributed by atoms with Crippen molar-refractivity contribution in [2.75, 3.05) is 13.2 Å². The van der Waals surface area contributed by atoms with Gasteiger partial charge >= 0.3 is 0 Å². The zero-order chi connectivity index (χ0) is 11.5. The maximum absolute atomic E-state index is 5.97. The van der Waals surface area contributed by atoms with Gasteiger partial charge in [0.2, 0.25) is 0 Å². The maximum Gasteiger partial charge on any atom is 0.0834 e. The van der Waals surface area contributed by atoms with Crippen LogP contribution < -0.4 is 0 Å². The number of ether oxygens (including phenoxy) is 3. The zero-order valence-corrected chi connectivity index (χ0v) is 9.88. The minimum atomic E-state index is 0.273. The fraction of sp³-hybridized carbons (Fsp3) is 0.571. The van der Waals surface area contributed by atoms with E-state index in [0.29, 0.717) is 18.8 Å². The number of benzene rings is 1. The van der Waals surface area contributed by atoms with Gasteiger partial charge < -0.3 is 14.2 Å². The summed E-state index contributed by atoms with van der Waals surface area (Å²) in [5, 5.41) is 0. The second kappa shape index (κ2) is 5.17. The third-order valence-electron chi connectivity index (χ3n) is 3.18. The molecule has 2 aliphatic heterocycles. The molecular formula is C14H18O3. The molecule has 0 aliphatic carbocycles. The zero-order valence-electron chi connectivity index (χ0n) is 9.88. The second-order valence-corrected chi connectivity index (χ2v) is 4.80. The van der Waals surface area contributed by atoms with Crippen molar-refractivity contribution in [2.24, 2.45) is 0 Å². The van der Waals surface area contributed by atoms with Crippen molar-refractivity contribution in [3.05, 3.63) is 35.9 Å². The van der Waals surface area contributed by atoms with Gasteiger partial charge in [0.1, 0.15) is 0 Å². The molecule has 3 rings (SSSR count). The van der Waals surface area contributed by atoms with Gasteiger partial charge in [0.05, 0.1) is 38.1 Å². The summed E-state index contributed by atoms with van der Waals surface area (Å²) < 4.78 is 16.5. The van der Waals surface area contributed by atoms with Crippen LogP contribution in [0.25, 0.3) is 0 Å². The molecule has 3 heteroatoms. The van der Waals surface area contributed by atoms with Gasteiger partial charge in [-0.05, 0) is 5.56 Å². The quantitative estimate of drug-likeness (QED) is 0.678. The minimum Gasteiger partial charge on any atom is -0.373 e. The highest BCUT2D eigenvalue weighted by Crippen LogP contribution is 2.25. The SMILES string of the molecule is c1ccc(COC(CC2CO2)CC2CO2)cc1. The third kappa shape index (κ3) is 3.80. The normalized spacial score (nSPS) is 27.8.